The third-order valence-electron chi connectivity index (χ3n) is 3.74. The number of para-hydroxylation sites is 1. The van der Waals surface area contributed by atoms with Crippen LogP contribution in [-0.2, 0) is 14.4 Å². The summed E-state index contributed by atoms with van der Waals surface area (Å²) < 4.78 is 0. The van der Waals surface area contributed by atoms with Crippen LogP contribution >= 0.6 is 35.0 Å². The predicted molar refractivity (Wildman–Crippen MR) is 105 cm³/mol. The summed E-state index contributed by atoms with van der Waals surface area (Å²) >= 11 is 12.9. The summed E-state index contributed by atoms with van der Waals surface area (Å²) in [4.78, 5) is 37.9. The van der Waals surface area contributed by atoms with Crippen LogP contribution in [-0.4, -0.2) is 28.7 Å². The third-order valence-corrected chi connectivity index (χ3v) is 5.68. The summed E-state index contributed by atoms with van der Waals surface area (Å²) in [5, 5.41) is 2.86. The summed E-state index contributed by atoms with van der Waals surface area (Å²) in [6, 6.07) is 13.5. The highest BCUT2D eigenvalue weighted by Gasteiger charge is 2.39. The van der Waals surface area contributed by atoms with Gasteiger partial charge in [-0.2, -0.15) is 0 Å². The molecule has 2 aromatic rings. The van der Waals surface area contributed by atoms with Gasteiger partial charge in [0.2, 0.25) is 17.7 Å². The zero-order valence-corrected chi connectivity index (χ0v) is 15.8. The van der Waals surface area contributed by atoms with Gasteiger partial charge < -0.3 is 5.32 Å². The maximum atomic E-state index is 12.5. The molecule has 1 aliphatic heterocycles. The Morgan fingerprint density at radius 3 is 2.54 bits per heavy atom. The second-order valence-corrected chi connectivity index (χ2v) is 7.59. The molecule has 0 aliphatic carbocycles. The summed E-state index contributed by atoms with van der Waals surface area (Å²) in [5.74, 6) is -0.795. The Morgan fingerprint density at radius 1 is 1.12 bits per heavy atom. The molecule has 0 saturated carbocycles. The van der Waals surface area contributed by atoms with E-state index in [1.807, 2.05) is 6.07 Å². The van der Waals surface area contributed by atoms with Crippen LogP contribution in [0.5, 0.6) is 0 Å². The summed E-state index contributed by atoms with van der Waals surface area (Å²) in [5.41, 5.74) is 1.07. The molecule has 2 aromatic carbocycles. The van der Waals surface area contributed by atoms with E-state index in [0.717, 1.165) is 11.8 Å². The van der Waals surface area contributed by atoms with E-state index in [4.69, 9.17) is 23.2 Å². The van der Waals surface area contributed by atoms with Gasteiger partial charge in [0.1, 0.15) is 0 Å². The predicted octanol–water partition coefficient (Wildman–Crippen LogP) is 4.00. The van der Waals surface area contributed by atoms with Gasteiger partial charge in [-0.25, -0.2) is 4.90 Å². The number of carbonyl (C=O) groups excluding carboxylic acids is 3. The SMILES string of the molecule is O=C(CSC1CC(=O)N(c2ccccc2)C1=O)Nc1ccc(Cl)c(Cl)c1. The van der Waals surface area contributed by atoms with E-state index >= 15 is 0 Å². The van der Waals surface area contributed by atoms with Gasteiger partial charge in [0.25, 0.3) is 0 Å². The van der Waals surface area contributed by atoms with Crippen LogP contribution in [0, 0.1) is 0 Å². The molecule has 26 heavy (non-hydrogen) atoms. The second kappa shape index (κ2) is 8.12. The van der Waals surface area contributed by atoms with Crippen molar-refractivity contribution in [2.45, 2.75) is 11.7 Å². The number of imide groups is 1. The van der Waals surface area contributed by atoms with Crippen LogP contribution in [0.4, 0.5) is 11.4 Å². The zero-order chi connectivity index (χ0) is 18.7. The Kier molecular flexibility index (Phi) is 5.86. The Hall–Kier alpha value is -2.02. The highest BCUT2D eigenvalue weighted by Crippen LogP contribution is 2.30. The summed E-state index contributed by atoms with van der Waals surface area (Å²) in [6.45, 7) is 0. The number of anilines is 2. The van der Waals surface area contributed by atoms with Gasteiger partial charge >= 0.3 is 0 Å². The Balaban J connectivity index is 1.58. The minimum absolute atomic E-state index is 0.0482. The third kappa shape index (κ3) is 4.20. The lowest BCUT2D eigenvalue weighted by molar-refractivity contribution is -0.121. The normalized spacial score (nSPS) is 16.8. The van der Waals surface area contributed by atoms with Gasteiger partial charge in [-0.15, -0.1) is 11.8 Å². The Bertz CT molecular complexity index is 861. The van der Waals surface area contributed by atoms with E-state index < -0.39 is 5.25 Å². The maximum Gasteiger partial charge on any atom is 0.247 e. The molecule has 8 heteroatoms. The summed E-state index contributed by atoms with van der Waals surface area (Å²) in [7, 11) is 0. The van der Waals surface area contributed by atoms with Gasteiger partial charge in [0, 0.05) is 12.1 Å². The van der Waals surface area contributed by atoms with Gasteiger partial charge in [-0.1, -0.05) is 41.4 Å². The molecule has 3 amide bonds. The molecule has 0 aromatic heterocycles. The fourth-order valence-corrected chi connectivity index (χ4v) is 3.76. The first-order valence-electron chi connectivity index (χ1n) is 7.74. The van der Waals surface area contributed by atoms with Crippen molar-refractivity contribution in [3.05, 3.63) is 58.6 Å². The molecular weight excluding hydrogens is 395 g/mol. The van der Waals surface area contributed by atoms with E-state index in [-0.39, 0.29) is 29.9 Å². The average molecular weight is 409 g/mol. The quantitative estimate of drug-likeness (QED) is 0.759. The average Bonchev–Trinajstić information content (AvgIpc) is 2.91. The largest absolute Gasteiger partial charge is 0.325 e. The van der Waals surface area contributed by atoms with Crippen molar-refractivity contribution in [3.63, 3.8) is 0 Å². The van der Waals surface area contributed by atoms with Crippen molar-refractivity contribution >= 4 is 64.1 Å². The lowest BCUT2D eigenvalue weighted by Gasteiger charge is -2.14. The lowest BCUT2D eigenvalue weighted by atomic mass is 10.3. The number of rotatable bonds is 5. The second-order valence-electron chi connectivity index (χ2n) is 5.58. The molecule has 1 aliphatic rings. The van der Waals surface area contributed by atoms with Crippen LogP contribution in [0.2, 0.25) is 10.0 Å². The van der Waals surface area contributed by atoms with Crippen molar-refractivity contribution in [2.24, 2.45) is 0 Å². The van der Waals surface area contributed by atoms with Crippen LogP contribution in [0.15, 0.2) is 48.5 Å². The number of nitrogens with zero attached hydrogens (tertiary/aromatic N) is 1. The molecule has 1 heterocycles. The highest BCUT2D eigenvalue weighted by molar-refractivity contribution is 8.01. The first-order chi connectivity index (χ1) is 12.5. The van der Waals surface area contributed by atoms with E-state index in [0.29, 0.717) is 21.4 Å². The molecule has 1 N–H and O–H groups in total. The Labute approximate surface area is 164 Å². The lowest BCUT2D eigenvalue weighted by Crippen LogP contribution is -2.31. The van der Waals surface area contributed by atoms with Crippen LogP contribution in [0.25, 0.3) is 0 Å². The number of hydrogen-bond acceptors (Lipinski definition) is 4. The first kappa shape index (κ1) is 18.8. The number of amides is 3. The molecule has 0 bridgehead atoms. The van der Waals surface area contributed by atoms with Gasteiger partial charge in [0.15, 0.2) is 0 Å². The summed E-state index contributed by atoms with van der Waals surface area (Å²) in [6.07, 6.45) is 0.0818. The molecule has 1 atom stereocenters. The number of hydrogen-bond donors (Lipinski definition) is 1. The van der Waals surface area contributed by atoms with Gasteiger partial charge in [-0.3, -0.25) is 14.4 Å². The van der Waals surface area contributed by atoms with E-state index in [1.165, 1.54) is 4.90 Å². The monoisotopic (exact) mass is 408 g/mol. The number of thioether (sulfide) groups is 1. The van der Waals surface area contributed by atoms with Gasteiger partial charge in [-0.05, 0) is 30.3 Å². The number of nitrogens with one attached hydrogen (secondary N) is 1. The van der Waals surface area contributed by atoms with Crippen molar-refractivity contribution < 1.29 is 14.4 Å². The number of halogens is 2. The van der Waals surface area contributed by atoms with E-state index in [1.54, 1.807) is 42.5 Å². The molecule has 1 saturated heterocycles. The van der Waals surface area contributed by atoms with E-state index in [2.05, 4.69) is 5.32 Å². The van der Waals surface area contributed by atoms with Crippen LogP contribution < -0.4 is 10.2 Å². The van der Waals surface area contributed by atoms with Gasteiger partial charge in [0.05, 0.1) is 26.7 Å². The standard InChI is InChI=1S/C18H14Cl2N2O3S/c19-13-7-6-11(8-14(13)20)21-16(23)10-26-15-9-17(24)22(18(15)25)12-4-2-1-3-5-12/h1-8,15H,9-10H2,(H,21,23). The van der Waals surface area contributed by atoms with Crippen molar-refractivity contribution in [1.29, 1.82) is 0 Å². The molecule has 5 nitrogen and oxygen atoms in total. The molecular formula is C18H14Cl2N2O3S. The molecule has 0 spiro atoms. The topological polar surface area (TPSA) is 66.5 Å². The molecule has 134 valence electrons. The van der Waals surface area contributed by atoms with Crippen molar-refractivity contribution in [1.82, 2.24) is 0 Å². The molecule has 3 rings (SSSR count). The fourth-order valence-electron chi connectivity index (χ4n) is 2.53. The Morgan fingerprint density at radius 2 is 1.85 bits per heavy atom. The van der Waals surface area contributed by atoms with Crippen LogP contribution in [0.3, 0.4) is 0 Å². The fraction of sp³-hybridized carbons (Fsp3) is 0.167. The minimum atomic E-state index is -0.567. The van der Waals surface area contributed by atoms with Crippen molar-refractivity contribution in [3.8, 4) is 0 Å². The van der Waals surface area contributed by atoms with Crippen molar-refractivity contribution in [2.75, 3.05) is 16.0 Å². The van der Waals surface area contributed by atoms with Crippen LogP contribution in [0.1, 0.15) is 6.42 Å². The number of carbonyl (C=O) groups is 3. The maximum absolute atomic E-state index is 12.5. The zero-order valence-electron chi connectivity index (χ0n) is 13.4. The number of benzene rings is 2. The minimum Gasteiger partial charge on any atom is -0.325 e. The molecule has 0 radical (unpaired) electrons. The smallest absolute Gasteiger partial charge is 0.247 e. The highest BCUT2D eigenvalue weighted by atomic mass is 35.5. The first-order valence-corrected chi connectivity index (χ1v) is 9.54. The molecule has 1 fully saturated rings. The molecule has 1 unspecified atom stereocenters. The van der Waals surface area contributed by atoms with E-state index in [9.17, 15) is 14.4 Å².